The van der Waals surface area contributed by atoms with Crippen LogP contribution in [-0.4, -0.2) is 37.0 Å². The number of carbonyl (C=O) groups excluding carboxylic acids is 2. The first-order valence-corrected chi connectivity index (χ1v) is 9.78. The van der Waals surface area contributed by atoms with E-state index in [1.807, 2.05) is 38.1 Å². The van der Waals surface area contributed by atoms with Crippen LogP contribution in [0.15, 0.2) is 48.5 Å². The third-order valence-corrected chi connectivity index (χ3v) is 6.12. The normalized spacial score (nSPS) is 23.4. The summed E-state index contributed by atoms with van der Waals surface area (Å²) in [4.78, 5) is 28.6. The average Bonchev–Trinajstić information content (AvgIpc) is 3.22. The van der Waals surface area contributed by atoms with Gasteiger partial charge in [-0.05, 0) is 49.6 Å². The Kier molecular flexibility index (Phi) is 4.69. The van der Waals surface area contributed by atoms with E-state index < -0.39 is 16.9 Å². The number of carbonyl (C=O) groups is 2. The molecule has 2 aromatic rings. The predicted octanol–water partition coefficient (Wildman–Crippen LogP) is 3.66. The number of nitrogens with one attached hydrogen (secondary N) is 1. The van der Waals surface area contributed by atoms with Crippen LogP contribution in [0.2, 0.25) is 0 Å². The summed E-state index contributed by atoms with van der Waals surface area (Å²) >= 11 is 0. The van der Waals surface area contributed by atoms with E-state index >= 15 is 0 Å². The minimum Gasteiger partial charge on any atom is -0.384 e. The molecule has 6 heteroatoms. The zero-order chi connectivity index (χ0) is 20.8. The molecule has 2 amide bonds. The standard InChI is InChI=1S/C23H25FN2O3/c1-22(2,14-29-3)21(28)26-13-12-23(19(26)15-8-10-16(24)11-9-15)17-6-4-5-7-18(17)25-20(23)27/h4-11,19H,12-14H2,1-3H3,(H,25,27)/t19-,23+/m0/s1. The van der Waals surface area contributed by atoms with Crippen LogP contribution < -0.4 is 5.32 Å². The Bertz CT molecular complexity index is 957. The fraction of sp³-hybridized carbons (Fsp3) is 0.391. The van der Waals surface area contributed by atoms with E-state index in [4.69, 9.17) is 4.74 Å². The smallest absolute Gasteiger partial charge is 0.237 e. The molecule has 0 unspecified atom stereocenters. The van der Waals surface area contributed by atoms with Gasteiger partial charge in [-0.2, -0.15) is 0 Å². The number of likely N-dealkylation sites (tertiary alicyclic amines) is 1. The highest BCUT2D eigenvalue weighted by atomic mass is 19.1. The van der Waals surface area contributed by atoms with E-state index in [1.54, 1.807) is 24.1 Å². The number of hydrogen-bond acceptors (Lipinski definition) is 3. The largest absolute Gasteiger partial charge is 0.384 e. The fourth-order valence-corrected chi connectivity index (χ4v) is 4.83. The van der Waals surface area contributed by atoms with Gasteiger partial charge in [-0.15, -0.1) is 0 Å². The number of rotatable bonds is 4. The molecular weight excluding hydrogens is 371 g/mol. The molecule has 1 spiro atoms. The molecule has 5 nitrogen and oxygen atoms in total. The van der Waals surface area contributed by atoms with Crippen LogP contribution in [-0.2, 0) is 19.7 Å². The SMILES string of the molecule is COCC(C)(C)C(=O)N1CC[C@]2(C(=O)Nc3ccccc32)[C@@H]1c1ccc(F)cc1. The van der Waals surface area contributed by atoms with Crippen LogP contribution in [0.25, 0.3) is 0 Å². The minimum atomic E-state index is -0.896. The van der Waals surface area contributed by atoms with Gasteiger partial charge in [0.15, 0.2) is 0 Å². The molecular formula is C23H25FN2O3. The summed E-state index contributed by atoms with van der Waals surface area (Å²) in [7, 11) is 1.57. The molecule has 1 fully saturated rings. The highest BCUT2D eigenvalue weighted by Crippen LogP contribution is 2.55. The average molecular weight is 396 g/mol. The molecule has 2 heterocycles. The maximum atomic E-state index is 13.6. The van der Waals surface area contributed by atoms with E-state index in [2.05, 4.69) is 5.32 Å². The second-order valence-corrected chi connectivity index (χ2v) is 8.49. The van der Waals surface area contributed by atoms with Crippen molar-refractivity contribution in [1.82, 2.24) is 4.90 Å². The third kappa shape index (κ3) is 2.94. The molecule has 0 saturated carbocycles. The number of para-hydroxylation sites is 1. The van der Waals surface area contributed by atoms with Crippen LogP contribution in [0.5, 0.6) is 0 Å². The van der Waals surface area contributed by atoms with Gasteiger partial charge in [0.2, 0.25) is 11.8 Å². The molecule has 2 atom stereocenters. The number of fused-ring (bicyclic) bond motifs is 2. The van der Waals surface area contributed by atoms with Crippen LogP contribution >= 0.6 is 0 Å². The summed E-state index contributed by atoms with van der Waals surface area (Å²) in [6.07, 6.45) is 0.507. The first kappa shape index (κ1) is 19.6. The zero-order valence-electron chi connectivity index (χ0n) is 16.9. The Balaban J connectivity index is 1.86. The summed E-state index contributed by atoms with van der Waals surface area (Å²) in [5, 5.41) is 2.99. The van der Waals surface area contributed by atoms with Crippen molar-refractivity contribution in [2.24, 2.45) is 5.41 Å². The molecule has 0 radical (unpaired) electrons. The maximum Gasteiger partial charge on any atom is 0.237 e. The van der Waals surface area contributed by atoms with E-state index in [0.717, 1.165) is 16.8 Å². The lowest BCUT2D eigenvalue weighted by Crippen LogP contribution is -2.47. The van der Waals surface area contributed by atoms with Crippen LogP contribution in [0.1, 0.15) is 37.4 Å². The Hall–Kier alpha value is -2.73. The molecule has 0 bridgehead atoms. The fourth-order valence-electron chi connectivity index (χ4n) is 4.83. The van der Waals surface area contributed by atoms with E-state index in [0.29, 0.717) is 13.0 Å². The summed E-state index contributed by atoms with van der Waals surface area (Å²) in [5.74, 6) is -0.551. The van der Waals surface area contributed by atoms with Crippen molar-refractivity contribution < 1.29 is 18.7 Å². The number of anilines is 1. The van der Waals surface area contributed by atoms with Crippen LogP contribution in [0.3, 0.4) is 0 Å². The van der Waals surface area contributed by atoms with Crippen molar-refractivity contribution in [2.75, 3.05) is 25.6 Å². The number of benzene rings is 2. The van der Waals surface area contributed by atoms with Gasteiger partial charge in [-0.25, -0.2) is 4.39 Å². The summed E-state index contributed by atoms with van der Waals surface area (Å²) in [6.45, 7) is 4.40. The van der Waals surface area contributed by atoms with E-state index in [-0.39, 0.29) is 24.2 Å². The molecule has 2 aromatic carbocycles. The number of ether oxygens (including phenoxy) is 1. The van der Waals surface area contributed by atoms with Gasteiger partial charge in [0, 0.05) is 19.3 Å². The maximum absolute atomic E-state index is 13.6. The molecule has 0 aliphatic carbocycles. The summed E-state index contributed by atoms with van der Waals surface area (Å²) < 4.78 is 18.9. The van der Waals surface area contributed by atoms with Crippen molar-refractivity contribution in [1.29, 1.82) is 0 Å². The van der Waals surface area contributed by atoms with Crippen molar-refractivity contribution in [3.8, 4) is 0 Å². The van der Waals surface area contributed by atoms with Gasteiger partial charge >= 0.3 is 0 Å². The summed E-state index contributed by atoms with van der Waals surface area (Å²) in [5.41, 5.74) is 0.770. The molecule has 1 saturated heterocycles. The van der Waals surface area contributed by atoms with Gasteiger partial charge in [-0.1, -0.05) is 30.3 Å². The van der Waals surface area contributed by atoms with Gasteiger partial charge in [0.05, 0.1) is 18.1 Å². The Morgan fingerprint density at radius 2 is 1.93 bits per heavy atom. The summed E-state index contributed by atoms with van der Waals surface area (Å²) in [6, 6.07) is 13.2. The van der Waals surface area contributed by atoms with Crippen LogP contribution in [0.4, 0.5) is 10.1 Å². The van der Waals surface area contributed by atoms with Gasteiger partial charge in [-0.3, -0.25) is 9.59 Å². The van der Waals surface area contributed by atoms with E-state index in [9.17, 15) is 14.0 Å². The molecule has 0 aromatic heterocycles. The van der Waals surface area contributed by atoms with Crippen molar-refractivity contribution in [3.05, 3.63) is 65.5 Å². The van der Waals surface area contributed by atoms with Gasteiger partial charge in [0.1, 0.15) is 11.2 Å². The van der Waals surface area contributed by atoms with Gasteiger partial charge in [0.25, 0.3) is 0 Å². The lowest BCUT2D eigenvalue weighted by atomic mass is 9.72. The Morgan fingerprint density at radius 1 is 1.24 bits per heavy atom. The van der Waals surface area contributed by atoms with Crippen molar-refractivity contribution >= 4 is 17.5 Å². The van der Waals surface area contributed by atoms with Crippen molar-refractivity contribution in [2.45, 2.75) is 31.7 Å². The molecule has 2 aliphatic heterocycles. The minimum absolute atomic E-state index is 0.0808. The third-order valence-electron chi connectivity index (χ3n) is 6.12. The molecule has 2 aliphatic rings. The predicted molar refractivity (Wildman–Crippen MR) is 108 cm³/mol. The first-order chi connectivity index (χ1) is 13.8. The first-order valence-electron chi connectivity index (χ1n) is 9.78. The van der Waals surface area contributed by atoms with Gasteiger partial charge < -0.3 is 15.0 Å². The molecule has 1 N–H and O–H groups in total. The lowest BCUT2D eigenvalue weighted by Gasteiger charge is -2.37. The second-order valence-electron chi connectivity index (χ2n) is 8.49. The molecule has 152 valence electrons. The number of amides is 2. The quantitative estimate of drug-likeness (QED) is 0.858. The highest BCUT2D eigenvalue weighted by Gasteiger charge is 2.60. The topological polar surface area (TPSA) is 58.6 Å². The number of nitrogens with zero attached hydrogens (tertiary/aromatic N) is 1. The molecule has 4 rings (SSSR count). The van der Waals surface area contributed by atoms with Crippen molar-refractivity contribution in [3.63, 3.8) is 0 Å². The number of methoxy groups -OCH3 is 1. The highest BCUT2D eigenvalue weighted by molar-refractivity contribution is 6.07. The number of hydrogen-bond donors (Lipinski definition) is 1. The molecule has 29 heavy (non-hydrogen) atoms. The number of halogens is 1. The zero-order valence-corrected chi connectivity index (χ0v) is 16.9. The Morgan fingerprint density at radius 3 is 2.62 bits per heavy atom. The second kappa shape index (κ2) is 6.95. The van der Waals surface area contributed by atoms with Crippen LogP contribution in [0, 0.1) is 11.2 Å². The lowest BCUT2D eigenvalue weighted by molar-refractivity contribution is -0.145. The monoisotopic (exact) mass is 396 g/mol. The van der Waals surface area contributed by atoms with E-state index in [1.165, 1.54) is 12.1 Å². The Labute approximate surface area is 169 Å².